The Kier molecular flexibility index (Phi) is 8.09. The van der Waals surface area contributed by atoms with E-state index in [-0.39, 0.29) is 31.2 Å². The normalized spacial score (nSPS) is 18.8. The number of fused-ring (bicyclic) bond motifs is 1. The van der Waals surface area contributed by atoms with Gasteiger partial charge < -0.3 is 23.8 Å². The van der Waals surface area contributed by atoms with E-state index in [0.29, 0.717) is 50.6 Å². The summed E-state index contributed by atoms with van der Waals surface area (Å²) >= 11 is 0. The molecule has 10 nitrogen and oxygen atoms in total. The number of ether oxygens (including phenoxy) is 4. The van der Waals surface area contributed by atoms with Gasteiger partial charge in [-0.1, -0.05) is 25.1 Å². The smallest absolute Gasteiger partial charge is 0.262 e. The summed E-state index contributed by atoms with van der Waals surface area (Å²) in [5, 5.41) is 6.31. The van der Waals surface area contributed by atoms with Crippen LogP contribution < -0.4 is 14.2 Å². The first-order valence-electron chi connectivity index (χ1n) is 13.1. The van der Waals surface area contributed by atoms with E-state index in [2.05, 4.69) is 4.90 Å². The molecule has 3 aliphatic rings. The number of nitrogens with zero attached hydrogens (tertiary/aromatic N) is 4. The fraction of sp³-hybridized carbons (Fsp3) is 0.464. The molecule has 0 spiro atoms. The largest absolute Gasteiger partial charge is 0.497 e. The van der Waals surface area contributed by atoms with Gasteiger partial charge in [-0.15, -0.1) is 0 Å². The van der Waals surface area contributed by atoms with Gasteiger partial charge in [-0.25, -0.2) is 5.01 Å². The first-order chi connectivity index (χ1) is 18.6. The summed E-state index contributed by atoms with van der Waals surface area (Å²) in [5.74, 6) is 1.77. The molecule has 3 heterocycles. The highest BCUT2D eigenvalue weighted by Gasteiger charge is 2.35. The van der Waals surface area contributed by atoms with Gasteiger partial charge in [0.05, 0.1) is 32.1 Å². The van der Waals surface area contributed by atoms with Crippen molar-refractivity contribution in [2.45, 2.75) is 25.8 Å². The number of hydrogen-bond acceptors (Lipinski definition) is 8. The third-order valence-electron chi connectivity index (χ3n) is 7.12. The molecule has 0 N–H and O–H groups in total. The summed E-state index contributed by atoms with van der Waals surface area (Å²) in [6.45, 7) is 6.17. The van der Waals surface area contributed by atoms with Crippen LogP contribution in [0.4, 0.5) is 0 Å². The van der Waals surface area contributed by atoms with Crippen LogP contribution in [-0.2, 0) is 14.3 Å². The van der Waals surface area contributed by atoms with Crippen LogP contribution in [0.5, 0.6) is 17.2 Å². The van der Waals surface area contributed by atoms with Crippen molar-refractivity contribution in [3.05, 3.63) is 53.6 Å². The first kappa shape index (κ1) is 26.0. The predicted octanol–water partition coefficient (Wildman–Crippen LogP) is 2.67. The van der Waals surface area contributed by atoms with E-state index >= 15 is 0 Å². The zero-order valence-electron chi connectivity index (χ0n) is 21.9. The molecule has 202 valence electrons. The topological polar surface area (TPSA) is 93.1 Å². The molecule has 38 heavy (non-hydrogen) atoms. The fourth-order valence-electron chi connectivity index (χ4n) is 4.94. The van der Waals surface area contributed by atoms with Gasteiger partial charge in [-0.05, 0) is 29.8 Å². The lowest BCUT2D eigenvalue weighted by atomic mass is 9.98. The van der Waals surface area contributed by atoms with Crippen LogP contribution in [0.1, 0.15) is 36.9 Å². The van der Waals surface area contributed by atoms with E-state index in [1.165, 1.54) is 5.01 Å². The Hall–Kier alpha value is -3.63. The summed E-state index contributed by atoms with van der Waals surface area (Å²) in [6.07, 6.45) is 0.856. The standard InChI is InChI=1S/C28H34N4O6/c1-3-27(33)31(10-9-30-11-13-36-14-12-30)18-28(34)32-24(21-7-8-25-26(16-21)38-19-37-25)17-23(29-32)20-5-4-6-22(15-20)35-2/h4-8,15-16,24H,3,9-14,17-19H2,1-2H3. The molecule has 0 radical (unpaired) electrons. The van der Waals surface area contributed by atoms with Gasteiger partial charge in [0.25, 0.3) is 5.91 Å². The van der Waals surface area contributed by atoms with Crippen LogP contribution >= 0.6 is 0 Å². The molecule has 1 fully saturated rings. The van der Waals surface area contributed by atoms with Gasteiger partial charge in [0, 0.05) is 44.6 Å². The molecule has 10 heteroatoms. The molecule has 1 unspecified atom stereocenters. The molecule has 0 aromatic heterocycles. The van der Waals surface area contributed by atoms with E-state index in [1.54, 1.807) is 12.0 Å². The zero-order chi connectivity index (χ0) is 26.5. The molecule has 3 aliphatic heterocycles. The number of rotatable bonds is 9. The molecule has 1 saturated heterocycles. The third-order valence-corrected chi connectivity index (χ3v) is 7.12. The second-order valence-corrected chi connectivity index (χ2v) is 9.47. The van der Waals surface area contributed by atoms with Crippen LogP contribution in [-0.4, -0.2) is 92.2 Å². The second-order valence-electron chi connectivity index (χ2n) is 9.47. The third kappa shape index (κ3) is 5.76. The minimum absolute atomic E-state index is 0.0348. The predicted molar refractivity (Wildman–Crippen MR) is 140 cm³/mol. The summed E-state index contributed by atoms with van der Waals surface area (Å²) in [4.78, 5) is 30.5. The lowest BCUT2D eigenvalue weighted by Gasteiger charge is -2.31. The average Bonchev–Trinajstić information content (AvgIpc) is 3.62. The molecular formula is C28H34N4O6. The average molecular weight is 523 g/mol. The molecule has 1 atom stereocenters. The number of benzene rings is 2. The Balaban J connectivity index is 1.38. The minimum atomic E-state index is -0.337. The summed E-state index contributed by atoms with van der Waals surface area (Å²) in [5.41, 5.74) is 2.56. The van der Waals surface area contributed by atoms with Crippen molar-refractivity contribution in [2.75, 3.05) is 59.8 Å². The molecular weight excluding hydrogens is 488 g/mol. The van der Waals surface area contributed by atoms with E-state index < -0.39 is 0 Å². The van der Waals surface area contributed by atoms with Crippen molar-refractivity contribution in [3.8, 4) is 17.2 Å². The number of methoxy groups -OCH3 is 1. The van der Waals surface area contributed by atoms with Gasteiger partial charge in [-0.3, -0.25) is 14.5 Å². The molecule has 2 aromatic rings. The maximum atomic E-state index is 13.8. The van der Waals surface area contributed by atoms with Crippen molar-refractivity contribution in [1.82, 2.24) is 14.8 Å². The van der Waals surface area contributed by atoms with Crippen molar-refractivity contribution >= 4 is 17.5 Å². The SMILES string of the molecule is CCC(=O)N(CCN1CCOCC1)CC(=O)N1N=C(c2cccc(OC)c2)CC1c1ccc2c(c1)OCO2. The van der Waals surface area contributed by atoms with E-state index in [9.17, 15) is 9.59 Å². The van der Waals surface area contributed by atoms with Gasteiger partial charge in [0.1, 0.15) is 12.3 Å². The summed E-state index contributed by atoms with van der Waals surface area (Å²) in [7, 11) is 1.62. The lowest BCUT2D eigenvalue weighted by Crippen LogP contribution is -2.46. The second kappa shape index (κ2) is 11.8. The minimum Gasteiger partial charge on any atom is -0.497 e. The highest BCUT2D eigenvalue weighted by molar-refractivity contribution is 6.03. The number of carbonyl (C=O) groups is 2. The number of morpholine rings is 1. The maximum Gasteiger partial charge on any atom is 0.262 e. The van der Waals surface area contributed by atoms with E-state index in [1.807, 2.05) is 49.4 Å². The molecule has 2 aromatic carbocycles. The van der Waals surface area contributed by atoms with Gasteiger partial charge >= 0.3 is 0 Å². The van der Waals surface area contributed by atoms with Crippen LogP contribution in [0.15, 0.2) is 47.6 Å². The van der Waals surface area contributed by atoms with Crippen LogP contribution in [0.25, 0.3) is 0 Å². The Morgan fingerprint density at radius 3 is 2.71 bits per heavy atom. The van der Waals surface area contributed by atoms with E-state index in [4.69, 9.17) is 24.0 Å². The Morgan fingerprint density at radius 1 is 1.11 bits per heavy atom. The van der Waals surface area contributed by atoms with Gasteiger partial charge in [0.2, 0.25) is 12.7 Å². The maximum absolute atomic E-state index is 13.8. The fourth-order valence-corrected chi connectivity index (χ4v) is 4.94. The Morgan fingerprint density at radius 2 is 1.92 bits per heavy atom. The Labute approximate surface area is 222 Å². The highest BCUT2D eigenvalue weighted by atomic mass is 16.7. The molecule has 0 saturated carbocycles. The van der Waals surface area contributed by atoms with Crippen LogP contribution in [0.2, 0.25) is 0 Å². The van der Waals surface area contributed by atoms with Gasteiger partial charge in [0.15, 0.2) is 11.5 Å². The molecule has 5 rings (SSSR count). The van der Waals surface area contributed by atoms with Crippen molar-refractivity contribution in [2.24, 2.45) is 5.10 Å². The lowest BCUT2D eigenvalue weighted by molar-refractivity contribution is -0.141. The number of amides is 2. The van der Waals surface area contributed by atoms with Crippen molar-refractivity contribution < 1.29 is 28.5 Å². The summed E-state index contributed by atoms with van der Waals surface area (Å²) in [6, 6.07) is 13.0. The number of hydrogen-bond donors (Lipinski definition) is 0. The quantitative estimate of drug-likeness (QED) is 0.500. The van der Waals surface area contributed by atoms with Crippen molar-refractivity contribution in [3.63, 3.8) is 0 Å². The summed E-state index contributed by atoms with van der Waals surface area (Å²) < 4.78 is 21.9. The van der Waals surface area contributed by atoms with Gasteiger partial charge in [-0.2, -0.15) is 5.10 Å². The first-order valence-corrected chi connectivity index (χ1v) is 13.1. The highest BCUT2D eigenvalue weighted by Crippen LogP contribution is 2.39. The van der Waals surface area contributed by atoms with Crippen molar-refractivity contribution in [1.29, 1.82) is 0 Å². The number of carbonyl (C=O) groups excluding carboxylic acids is 2. The monoisotopic (exact) mass is 522 g/mol. The molecule has 0 bridgehead atoms. The molecule has 2 amide bonds. The van der Waals surface area contributed by atoms with Crippen LogP contribution in [0, 0.1) is 0 Å². The van der Waals surface area contributed by atoms with Crippen LogP contribution in [0.3, 0.4) is 0 Å². The molecule has 0 aliphatic carbocycles. The number of hydrazone groups is 1. The zero-order valence-corrected chi connectivity index (χ0v) is 21.9. The Bertz CT molecular complexity index is 1200. The van der Waals surface area contributed by atoms with E-state index in [0.717, 1.165) is 35.7 Å².